The Morgan fingerprint density at radius 3 is 2.88 bits per heavy atom. The van der Waals surface area contributed by atoms with Gasteiger partial charge in [0.2, 0.25) is 0 Å². The minimum Gasteiger partial charge on any atom is -0.377 e. The molecule has 2 fully saturated rings. The number of rotatable bonds is 4. The molecule has 0 aliphatic carbocycles. The highest BCUT2D eigenvalue weighted by molar-refractivity contribution is 5.93. The maximum atomic E-state index is 9.19. The molecule has 2 aliphatic heterocycles. The average molecular weight is 324 g/mol. The summed E-state index contributed by atoms with van der Waals surface area (Å²) in [5.74, 6) is 1.57. The third kappa shape index (κ3) is 3.11. The first-order valence-electron chi connectivity index (χ1n) is 8.34. The highest BCUT2D eigenvalue weighted by Gasteiger charge is 2.20. The lowest BCUT2D eigenvalue weighted by Gasteiger charge is -2.28. The molecule has 0 radical (unpaired) electrons. The maximum Gasteiger partial charge on any atom is 0.143 e. The molecule has 2 saturated heterocycles. The molecule has 2 aliphatic rings. The van der Waals surface area contributed by atoms with E-state index in [0.29, 0.717) is 24.9 Å². The Balaban J connectivity index is 1.65. The van der Waals surface area contributed by atoms with Crippen molar-refractivity contribution in [3.63, 3.8) is 0 Å². The Morgan fingerprint density at radius 1 is 1.25 bits per heavy atom. The van der Waals surface area contributed by atoms with Gasteiger partial charge in [0.15, 0.2) is 0 Å². The molecule has 0 amide bonds. The van der Waals surface area contributed by atoms with Gasteiger partial charge in [-0.3, -0.25) is 0 Å². The number of hydrogen-bond acceptors (Lipinski definition) is 7. The van der Waals surface area contributed by atoms with Gasteiger partial charge in [0.25, 0.3) is 0 Å². The van der Waals surface area contributed by atoms with Crippen LogP contribution in [0.1, 0.15) is 18.5 Å². The lowest BCUT2D eigenvalue weighted by Crippen LogP contribution is -2.40. The number of nitrogens with one attached hydrogen (secondary N) is 3. The zero-order valence-corrected chi connectivity index (χ0v) is 13.4. The van der Waals surface area contributed by atoms with E-state index in [1.807, 2.05) is 6.07 Å². The summed E-state index contributed by atoms with van der Waals surface area (Å²) in [4.78, 5) is 8.94. The van der Waals surface area contributed by atoms with Crippen LogP contribution in [-0.2, 0) is 4.74 Å². The molecule has 124 valence electrons. The summed E-state index contributed by atoms with van der Waals surface area (Å²) in [6.07, 6.45) is 4.12. The first-order chi connectivity index (χ1) is 11.8. The van der Waals surface area contributed by atoms with Gasteiger partial charge in [-0.25, -0.2) is 9.97 Å². The van der Waals surface area contributed by atoms with Gasteiger partial charge in [0.05, 0.1) is 19.3 Å². The van der Waals surface area contributed by atoms with E-state index >= 15 is 0 Å². The monoisotopic (exact) mass is 324 g/mol. The standard InChI is InChI=1S/C17H20N6O/c18-6-13-4-11-7-20-16(21-12-2-1-3-19-8-12)5-15(11)17(22-13)23-14-9-24-10-14/h4-5,7,12,14,19H,1-3,8-10H2,(H,20,21)(H,22,23). The summed E-state index contributed by atoms with van der Waals surface area (Å²) >= 11 is 0. The van der Waals surface area contributed by atoms with Crippen LogP contribution in [0.3, 0.4) is 0 Å². The summed E-state index contributed by atoms with van der Waals surface area (Å²) in [5.41, 5.74) is 0.393. The van der Waals surface area contributed by atoms with E-state index in [-0.39, 0.29) is 6.04 Å². The molecule has 24 heavy (non-hydrogen) atoms. The van der Waals surface area contributed by atoms with Crippen molar-refractivity contribution in [3.8, 4) is 6.07 Å². The summed E-state index contributed by atoms with van der Waals surface area (Å²) in [7, 11) is 0. The number of nitrogens with zero attached hydrogens (tertiary/aromatic N) is 3. The minimum absolute atomic E-state index is 0.252. The van der Waals surface area contributed by atoms with Gasteiger partial charge in [-0.05, 0) is 31.5 Å². The van der Waals surface area contributed by atoms with Gasteiger partial charge < -0.3 is 20.7 Å². The number of aromatic nitrogens is 2. The van der Waals surface area contributed by atoms with E-state index in [2.05, 4.69) is 32.0 Å². The molecule has 4 rings (SSSR count). The molecule has 4 heterocycles. The molecule has 1 unspecified atom stereocenters. The van der Waals surface area contributed by atoms with Crippen molar-refractivity contribution >= 4 is 22.4 Å². The Bertz CT molecular complexity index is 776. The molecule has 0 spiro atoms. The highest BCUT2D eigenvalue weighted by Crippen LogP contribution is 2.26. The van der Waals surface area contributed by atoms with Crippen LogP contribution in [0.25, 0.3) is 10.8 Å². The molecule has 0 aromatic carbocycles. The molecule has 1 atom stereocenters. The third-order valence-electron chi connectivity index (χ3n) is 4.46. The minimum atomic E-state index is 0.252. The van der Waals surface area contributed by atoms with Gasteiger partial charge in [0.1, 0.15) is 23.4 Å². The zero-order valence-electron chi connectivity index (χ0n) is 13.4. The lowest BCUT2D eigenvalue weighted by atomic mass is 10.1. The smallest absolute Gasteiger partial charge is 0.143 e. The van der Waals surface area contributed by atoms with Crippen LogP contribution in [-0.4, -0.2) is 48.4 Å². The average Bonchev–Trinajstić information content (AvgIpc) is 2.59. The largest absolute Gasteiger partial charge is 0.377 e. The second kappa shape index (κ2) is 6.59. The number of pyridine rings is 2. The Hall–Kier alpha value is -2.43. The fourth-order valence-corrected chi connectivity index (χ4v) is 3.09. The van der Waals surface area contributed by atoms with E-state index in [0.717, 1.165) is 41.9 Å². The van der Waals surface area contributed by atoms with E-state index in [4.69, 9.17) is 4.74 Å². The van der Waals surface area contributed by atoms with Crippen LogP contribution in [0.5, 0.6) is 0 Å². The van der Waals surface area contributed by atoms with Crippen molar-refractivity contribution in [2.24, 2.45) is 0 Å². The van der Waals surface area contributed by atoms with Crippen LogP contribution < -0.4 is 16.0 Å². The quantitative estimate of drug-likeness (QED) is 0.784. The number of piperidine rings is 1. The molecule has 3 N–H and O–H groups in total. The van der Waals surface area contributed by atoms with Gasteiger partial charge in [-0.1, -0.05) is 0 Å². The first kappa shape index (κ1) is 15.1. The van der Waals surface area contributed by atoms with Crippen LogP contribution >= 0.6 is 0 Å². The van der Waals surface area contributed by atoms with Gasteiger partial charge in [-0.15, -0.1) is 0 Å². The number of fused-ring (bicyclic) bond motifs is 1. The molecule has 2 aromatic rings. The van der Waals surface area contributed by atoms with Crippen LogP contribution in [0.2, 0.25) is 0 Å². The molecule has 2 aromatic heterocycles. The third-order valence-corrected chi connectivity index (χ3v) is 4.46. The normalized spacial score (nSPS) is 21.0. The Kier molecular flexibility index (Phi) is 4.15. The molecular formula is C17H20N6O. The number of hydrogen-bond donors (Lipinski definition) is 3. The lowest BCUT2D eigenvalue weighted by molar-refractivity contribution is 0.0210. The number of ether oxygens (including phenoxy) is 1. The maximum absolute atomic E-state index is 9.19. The predicted octanol–water partition coefficient (Wildman–Crippen LogP) is 1.48. The van der Waals surface area contributed by atoms with Gasteiger partial charge in [0, 0.05) is 29.6 Å². The fraction of sp³-hybridized carbons (Fsp3) is 0.471. The van der Waals surface area contributed by atoms with Gasteiger partial charge >= 0.3 is 0 Å². The van der Waals surface area contributed by atoms with Crippen molar-refractivity contribution in [2.75, 3.05) is 36.9 Å². The topological polar surface area (TPSA) is 94.9 Å². The van der Waals surface area contributed by atoms with Crippen LogP contribution in [0.15, 0.2) is 18.3 Å². The van der Waals surface area contributed by atoms with Crippen LogP contribution in [0.4, 0.5) is 11.6 Å². The molecular weight excluding hydrogens is 304 g/mol. The van der Waals surface area contributed by atoms with Gasteiger partial charge in [-0.2, -0.15) is 5.26 Å². The SMILES string of the molecule is N#Cc1cc2cnc(NC3CCCNC3)cc2c(NC2COC2)n1. The predicted molar refractivity (Wildman–Crippen MR) is 92.0 cm³/mol. The molecule has 7 heteroatoms. The number of nitriles is 1. The Morgan fingerprint density at radius 2 is 2.17 bits per heavy atom. The molecule has 7 nitrogen and oxygen atoms in total. The Labute approximate surface area is 140 Å². The zero-order chi connectivity index (χ0) is 16.4. The van der Waals surface area contributed by atoms with Crippen molar-refractivity contribution < 1.29 is 4.74 Å². The second-order valence-corrected chi connectivity index (χ2v) is 6.32. The first-order valence-corrected chi connectivity index (χ1v) is 8.34. The van der Waals surface area contributed by atoms with Crippen LogP contribution in [0, 0.1) is 11.3 Å². The van der Waals surface area contributed by atoms with Crippen molar-refractivity contribution in [1.29, 1.82) is 5.26 Å². The summed E-state index contributed by atoms with van der Waals surface area (Å²) in [6, 6.07) is 6.55. The second-order valence-electron chi connectivity index (χ2n) is 6.32. The van der Waals surface area contributed by atoms with E-state index < -0.39 is 0 Å². The number of anilines is 2. The van der Waals surface area contributed by atoms with E-state index in [1.165, 1.54) is 6.42 Å². The van der Waals surface area contributed by atoms with E-state index in [1.54, 1.807) is 12.3 Å². The summed E-state index contributed by atoms with van der Waals surface area (Å²) in [6.45, 7) is 3.38. The molecule has 0 saturated carbocycles. The van der Waals surface area contributed by atoms with Crippen molar-refractivity contribution in [2.45, 2.75) is 24.9 Å². The molecule has 0 bridgehead atoms. The fourth-order valence-electron chi connectivity index (χ4n) is 3.09. The van der Waals surface area contributed by atoms with E-state index in [9.17, 15) is 5.26 Å². The highest BCUT2D eigenvalue weighted by atomic mass is 16.5. The summed E-state index contributed by atoms with van der Waals surface area (Å²) < 4.78 is 5.21. The van der Waals surface area contributed by atoms with Crippen molar-refractivity contribution in [3.05, 3.63) is 24.0 Å². The van der Waals surface area contributed by atoms with Crippen molar-refractivity contribution in [1.82, 2.24) is 15.3 Å². The summed E-state index contributed by atoms with van der Waals surface area (Å²) in [5, 5.41) is 21.3.